The molecular formula is C9H8BrN5O. The largest absolute Gasteiger partial charge is 0.366 e. The number of tetrazole rings is 1. The van der Waals surface area contributed by atoms with Crippen molar-refractivity contribution in [2.24, 2.45) is 12.8 Å². The summed E-state index contributed by atoms with van der Waals surface area (Å²) >= 11 is 3.31. The van der Waals surface area contributed by atoms with Crippen LogP contribution in [0.3, 0.4) is 0 Å². The van der Waals surface area contributed by atoms with Crippen molar-refractivity contribution < 1.29 is 4.79 Å². The van der Waals surface area contributed by atoms with E-state index in [0.717, 1.165) is 10.0 Å². The van der Waals surface area contributed by atoms with Crippen LogP contribution in [-0.4, -0.2) is 26.1 Å². The maximum absolute atomic E-state index is 11.1. The highest BCUT2D eigenvalue weighted by Gasteiger charge is 2.10. The Bertz CT molecular complexity index is 551. The van der Waals surface area contributed by atoms with E-state index in [1.54, 1.807) is 19.2 Å². The number of carbonyl (C=O) groups is 1. The van der Waals surface area contributed by atoms with E-state index in [4.69, 9.17) is 5.73 Å². The molecule has 0 unspecified atom stereocenters. The van der Waals surface area contributed by atoms with E-state index in [2.05, 4.69) is 31.5 Å². The van der Waals surface area contributed by atoms with Gasteiger partial charge in [0.15, 0.2) is 5.82 Å². The number of nitrogens with zero attached hydrogens (tertiary/aromatic N) is 4. The summed E-state index contributed by atoms with van der Waals surface area (Å²) in [4.78, 5) is 11.1. The number of aromatic nitrogens is 4. The number of aryl methyl sites for hydroxylation is 1. The van der Waals surface area contributed by atoms with Crippen LogP contribution in [0.1, 0.15) is 10.4 Å². The molecule has 82 valence electrons. The molecule has 0 bridgehead atoms. The fourth-order valence-corrected chi connectivity index (χ4v) is 1.83. The third-order valence-electron chi connectivity index (χ3n) is 2.06. The molecule has 2 rings (SSSR count). The number of rotatable bonds is 2. The highest BCUT2D eigenvalue weighted by atomic mass is 79.9. The van der Waals surface area contributed by atoms with Gasteiger partial charge in [-0.15, -0.1) is 5.10 Å². The van der Waals surface area contributed by atoms with Gasteiger partial charge in [0, 0.05) is 22.6 Å². The summed E-state index contributed by atoms with van der Waals surface area (Å²) in [6.07, 6.45) is 0. The minimum Gasteiger partial charge on any atom is -0.366 e. The Balaban J connectivity index is 2.58. The van der Waals surface area contributed by atoms with Crippen LogP contribution in [0.15, 0.2) is 22.7 Å². The third-order valence-corrected chi connectivity index (χ3v) is 2.52. The topological polar surface area (TPSA) is 86.7 Å². The molecular weight excluding hydrogens is 274 g/mol. The van der Waals surface area contributed by atoms with Gasteiger partial charge in [0.2, 0.25) is 5.91 Å². The minimum absolute atomic E-state index is 0.410. The van der Waals surface area contributed by atoms with Crippen molar-refractivity contribution in [1.29, 1.82) is 0 Å². The second kappa shape index (κ2) is 4.01. The number of carbonyl (C=O) groups excluding carboxylic acids is 1. The van der Waals surface area contributed by atoms with Crippen LogP contribution < -0.4 is 5.73 Å². The van der Waals surface area contributed by atoms with Crippen molar-refractivity contribution in [1.82, 2.24) is 20.2 Å². The Morgan fingerprint density at radius 2 is 2.19 bits per heavy atom. The maximum Gasteiger partial charge on any atom is 0.248 e. The van der Waals surface area contributed by atoms with Crippen LogP contribution in [0.2, 0.25) is 0 Å². The molecule has 2 N–H and O–H groups in total. The lowest BCUT2D eigenvalue weighted by molar-refractivity contribution is 0.100. The van der Waals surface area contributed by atoms with Crippen molar-refractivity contribution in [3.05, 3.63) is 28.2 Å². The van der Waals surface area contributed by atoms with Gasteiger partial charge in [-0.1, -0.05) is 15.9 Å². The Hall–Kier alpha value is -1.76. The molecule has 0 atom stereocenters. The quantitative estimate of drug-likeness (QED) is 0.880. The number of nitrogens with two attached hydrogens (primary N) is 1. The van der Waals surface area contributed by atoms with Crippen LogP contribution in [0, 0.1) is 0 Å². The average Bonchev–Trinajstić information content (AvgIpc) is 2.63. The van der Waals surface area contributed by atoms with E-state index in [1.165, 1.54) is 4.68 Å². The lowest BCUT2D eigenvalue weighted by Crippen LogP contribution is -2.11. The van der Waals surface area contributed by atoms with Gasteiger partial charge in [-0.05, 0) is 28.6 Å². The number of hydrogen-bond donors (Lipinski definition) is 1. The summed E-state index contributed by atoms with van der Waals surface area (Å²) in [5.41, 5.74) is 6.37. The zero-order valence-corrected chi connectivity index (χ0v) is 9.97. The van der Waals surface area contributed by atoms with Crippen molar-refractivity contribution >= 4 is 21.8 Å². The molecule has 6 nitrogen and oxygen atoms in total. The number of amides is 1. The van der Waals surface area contributed by atoms with E-state index in [1.807, 2.05) is 6.07 Å². The van der Waals surface area contributed by atoms with E-state index in [9.17, 15) is 4.79 Å². The number of hydrogen-bond acceptors (Lipinski definition) is 4. The fourth-order valence-electron chi connectivity index (χ4n) is 1.34. The smallest absolute Gasteiger partial charge is 0.248 e. The molecule has 0 saturated heterocycles. The molecule has 0 radical (unpaired) electrons. The van der Waals surface area contributed by atoms with Crippen LogP contribution in [0.4, 0.5) is 0 Å². The van der Waals surface area contributed by atoms with Crippen LogP contribution in [-0.2, 0) is 7.05 Å². The zero-order valence-electron chi connectivity index (χ0n) is 8.38. The van der Waals surface area contributed by atoms with E-state index >= 15 is 0 Å². The van der Waals surface area contributed by atoms with Crippen LogP contribution in [0.5, 0.6) is 0 Å². The molecule has 0 fully saturated rings. The predicted molar refractivity (Wildman–Crippen MR) is 60.5 cm³/mol. The van der Waals surface area contributed by atoms with Gasteiger partial charge in [0.25, 0.3) is 0 Å². The summed E-state index contributed by atoms with van der Waals surface area (Å²) < 4.78 is 2.27. The summed E-state index contributed by atoms with van der Waals surface area (Å²) in [5.74, 6) is 0.0847. The lowest BCUT2D eigenvalue weighted by atomic mass is 10.1. The van der Waals surface area contributed by atoms with Gasteiger partial charge in [0.05, 0.1) is 0 Å². The molecule has 1 amide bonds. The van der Waals surface area contributed by atoms with Crippen molar-refractivity contribution in [2.75, 3.05) is 0 Å². The highest BCUT2D eigenvalue weighted by molar-refractivity contribution is 9.10. The Labute approximate surface area is 99.6 Å². The molecule has 0 aliphatic heterocycles. The highest BCUT2D eigenvalue weighted by Crippen LogP contribution is 2.22. The molecule has 7 heteroatoms. The van der Waals surface area contributed by atoms with Crippen molar-refractivity contribution in [3.63, 3.8) is 0 Å². The van der Waals surface area contributed by atoms with Crippen LogP contribution >= 0.6 is 15.9 Å². The van der Waals surface area contributed by atoms with Crippen molar-refractivity contribution in [3.8, 4) is 11.4 Å². The monoisotopic (exact) mass is 281 g/mol. The van der Waals surface area contributed by atoms with Crippen LogP contribution in [0.25, 0.3) is 11.4 Å². The number of benzene rings is 1. The minimum atomic E-state index is -0.488. The molecule has 0 aliphatic carbocycles. The standard InChI is InChI=1S/C9H8BrN5O/c1-15-9(12-13-14-15)6-2-5(8(11)16)3-7(10)4-6/h2-4H,1H3,(H2,11,16). The van der Waals surface area contributed by atoms with Crippen molar-refractivity contribution in [2.45, 2.75) is 0 Å². The van der Waals surface area contributed by atoms with Gasteiger partial charge >= 0.3 is 0 Å². The summed E-state index contributed by atoms with van der Waals surface area (Å²) in [6.45, 7) is 0. The summed E-state index contributed by atoms with van der Waals surface area (Å²) in [6, 6.07) is 5.12. The van der Waals surface area contributed by atoms with Gasteiger partial charge in [-0.25, -0.2) is 4.68 Å². The molecule has 0 aliphatic rings. The third kappa shape index (κ3) is 1.94. The number of primary amides is 1. The first-order valence-corrected chi connectivity index (χ1v) is 5.20. The Morgan fingerprint density at radius 1 is 1.44 bits per heavy atom. The molecule has 16 heavy (non-hydrogen) atoms. The Kier molecular flexibility index (Phi) is 2.69. The van der Waals surface area contributed by atoms with Gasteiger partial charge in [0.1, 0.15) is 0 Å². The second-order valence-electron chi connectivity index (χ2n) is 3.22. The first-order valence-electron chi connectivity index (χ1n) is 4.41. The SMILES string of the molecule is Cn1nnnc1-c1cc(Br)cc(C(N)=O)c1. The molecule has 1 aromatic carbocycles. The lowest BCUT2D eigenvalue weighted by Gasteiger charge is -2.02. The molecule has 0 saturated carbocycles. The normalized spacial score (nSPS) is 10.4. The van der Waals surface area contributed by atoms with E-state index in [0.29, 0.717) is 11.4 Å². The summed E-state index contributed by atoms with van der Waals surface area (Å²) in [5, 5.41) is 11.1. The maximum atomic E-state index is 11.1. The fraction of sp³-hybridized carbons (Fsp3) is 0.111. The number of halogens is 1. The summed E-state index contributed by atoms with van der Waals surface area (Å²) in [7, 11) is 1.72. The zero-order chi connectivity index (χ0) is 11.7. The predicted octanol–water partition coefficient (Wildman–Crippen LogP) is 0.738. The molecule has 2 aromatic rings. The second-order valence-corrected chi connectivity index (χ2v) is 4.13. The van der Waals surface area contributed by atoms with Gasteiger partial charge in [-0.3, -0.25) is 4.79 Å². The van der Waals surface area contributed by atoms with E-state index in [-0.39, 0.29) is 0 Å². The first-order chi connectivity index (χ1) is 7.58. The van der Waals surface area contributed by atoms with Gasteiger partial charge in [-0.2, -0.15) is 0 Å². The average molecular weight is 282 g/mol. The molecule has 1 heterocycles. The van der Waals surface area contributed by atoms with Gasteiger partial charge < -0.3 is 5.73 Å². The molecule has 0 spiro atoms. The van der Waals surface area contributed by atoms with E-state index < -0.39 is 5.91 Å². The molecule has 1 aromatic heterocycles. The first kappa shape index (κ1) is 10.7. The Morgan fingerprint density at radius 3 is 2.75 bits per heavy atom.